The Hall–Kier alpha value is -2.32. The van der Waals surface area contributed by atoms with Crippen LogP contribution >= 0.6 is 0 Å². The van der Waals surface area contributed by atoms with Crippen LogP contribution < -0.4 is 0 Å². The minimum atomic E-state index is -3.12. The van der Waals surface area contributed by atoms with E-state index in [2.05, 4.69) is 9.97 Å². The van der Waals surface area contributed by atoms with Gasteiger partial charge in [0.05, 0.1) is 17.5 Å². The molecule has 1 N–H and O–H groups in total. The predicted octanol–water partition coefficient (Wildman–Crippen LogP) is 1.67. The molecule has 0 amide bonds. The summed E-state index contributed by atoms with van der Waals surface area (Å²) in [6, 6.07) is 5.32. The van der Waals surface area contributed by atoms with E-state index in [1.807, 2.05) is 12.1 Å². The van der Waals surface area contributed by atoms with Gasteiger partial charge in [-0.3, -0.25) is 9.97 Å². The molecule has 0 aromatic carbocycles. The van der Waals surface area contributed by atoms with E-state index in [4.69, 9.17) is 5.11 Å². The van der Waals surface area contributed by atoms with Crippen molar-refractivity contribution in [2.75, 3.05) is 19.3 Å². The van der Waals surface area contributed by atoms with Crippen molar-refractivity contribution < 1.29 is 18.3 Å². The summed E-state index contributed by atoms with van der Waals surface area (Å²) in [4.78, 5) is 19.4. The van der Waals surface area contributed by atoms with Crippen molar-refractivity contribution in [3.63, 3.8) is 0 Å². The minimum Gasteiger partial charge on any atom is -0.478 e. The van der Waals surface area contributed by atoms with Crippen molar-refractivity contribution in [3.8, 4) is 11.3 Å². The van der Waals surface area contributed by atoms with Crippen LogP contribution in [-0.2, 0) is 16.4 Å². The average molecular weight is 361 g/mol. The topological polar surface area (TPSA) is 100 Å². The van der Waals surface area contributed by atoms with Gasteiger partial charge in [0.15, 0.2) is 0 Å². The fraction of sp³-hybridized carbons (Fsp3) is 0.353. The van der Waals surface area contributed by atoms with E-state index in [-0.39, 0.29) is 5.56 Å². The number of aromatic carboxylic acids is 1. The van der Waals surface area contributed by atoms with Crippen molar-refractivity contribution >= 4 is 16.0 Å². The molecule has 1 fully saturated rings. The lowest BCUT2D eigenvalue weighted by Gasteiger charge is -2.13. The van der Waals surface area contributed by atoms with Crippen LogP contribution in [0.5, 0.6) is 0 Å². The van der Waals surface area contributed by atoms with Gasteiger partial charge in [-0.2, -0.15) is 0 Å². The van der Waals surface area contributed by atoms with Gasteiger partial charge < -0.3 is 5.11 Å². The Bertz CT molecular complexity index is 881. The minimum absolute atomic E-state index is 0.121. The molecule has 1 saturated heterocycles. The molecule has 1 aliphatic heterocycles. The molecule has 0 spiro atoms. The molecule has 3 heterocycles. The number of rotatable bonds is 5. The van der Waals surface area contributed by atoms with Gasteiger partial charge in [-0.1, -0.05) is 6.07 Å². The summed E-state index contributed by atoms with van der Waals surface area (Å²) in [5.74, 6) is -0.734. The number of carbonyl (C=O) groups is 1. The van der Waals surface area contributed by atoms with E-state index >= 15 is 0 Å². The van der Waals surface area contributed by atoms with E-state index in [1.165, 1.54) is 22.8 Å². The number of hydrogen-bond donors (Lipinski definition) is 1. The molecular formula is C17H19N3O4S. The second-order valence-electron chi connectivity index (χ2n) is 6.30. The average Bonchev–Trinajstić information content (AvgIpc) is 3.04. The first-order chi connectivity index (χ1) is 11.8. The Morgan fingerprint density at radius 3 is 2.72 bits per heavy atom. The third-order valence-electron chi connectivity index (χ3n) is 4.35. The van der Waals surface area contributed by atoms with Gasteiger partial charge in [-0.15, -0.1) is 0 Å². The van der Waals surface area contributed by atoms with Crippen LogP contribution in [0.2, 0.25) is 0 Å². The molecule has 7 nitrogen and oxygen atoms in total. The molecule has 132 valence electrons. The van der Waals surface area contributed by atoms with E-state index in [0.29, 0.717) is 30.3 Å². The molecule has 0 saturated carbocycles. The predicted molar refractivity (Wildman–Crippen MR) is 92.7 cm³/mol. The molecular weight excluding hydrogens is 342 g/mol. The molecule has 1 atom stereocenters. The number of hydrogen-bond acceptors (Lipinski definition) is 5. The lowest BCUT2D eigenvalue weighted by molar-refractivity contribution is 0.0696. The summed E-state index contributed by atoms with van der Waals surface area (Å²) >= 11 is 0. The lowest BCUT2D eigenvalue weighted by Crippen LogP contribution is -2.27. The lowest BCUT2D eigenvalue weighted by atomic mass is 9.99. The normalized spacial score (nSPS) is 18.4. The van der Waals surface area contributed by atoms with Gasteiger partial charge >= 0.3 is 5.97 Å². The number of aromatic nitrogens is 2. The third kappa shape index (κ3) is 4.21. The number of nitrogens with zero attached hydrogens (tertiary/aromatic N) is 3. The molecule has 1 unspecified atom stereocenters. The summed E-state index contributed by atoms with van der Waals surface area (Å²) in [6.07, 6.45) is 7.49. The number of carboxylic acid groups (broad SMARTS) is 1. The first-order valence-electron chi connectivity index (χ1n) is 7.91. The second-order valence-corrected chi connectivity index (χ2v) is 8.28. The molecule has 1 aliphatic rings. The van der Waals surface area contributed by atoms with Crippen LogP contribution in [0.25, 0.3) is 11.3 Å². The Balaban J connectivity index is 1.69. The Kier molecular flexibility index (Phi) is 4.82. The summed E-state index contributed by atoms with van der Waals surface area (Å²) in [7, 11) is -3.12. The van der Waals surface area contributed by atoms with Gasteiger partial charge in [0, 0.05) is 37.2 Å². The maximum atomic E-state index is 11.6. The van der Waals surface area contributed by atoms with Gasteiger partial charge in [0.25, 0.3) is 0 Å². The van der Waals surface area contributed by atoms with Crippen LogP contribution in [-0.4, -0.2) is 53.1 Å². The molecule has 8 heteroatoms. The molecule has 2 aromatic rings. The fourth-order valence-corrected chi connectivity index (χ4v) is 3.93. The highest BCUT2D eigenvalue weighted by atomic mass is 32.2. The number of pyridine rings is 2. The Morgan fingerprint density at radius 1 is 1.32 bits per heavy atom. The summed E-state index contributed by atoms with van der Waals surface area (Å²) in [5.41, 5.74) is 2.46. The van der Waals surface area contributed by atoms with Gasteiger partial charge in [0.2, 0.25) is 10.0 Å². The fourth-order valence-electron chi connectivity index (χ4n) is 3.01. The van der Waals surface area contributed by atoms with E-state index in [1.54, 1.807) is 12.4 Å². The maximum absolute atomic E-state index is 11.6. The monoisotopic (exact) mass is 361 g/mol. The first-order valence-corrected chi connectivity index (χ1v) is 9.76. The largest absolute Gasteiger partial charge is 0.478 e. The van der Waals surface area contributed by atoms with Crippen LogP contribution in [0.4, 0.5) is 0 Å². The van der Waals surface area contributed by atoms with Crippen molar-refractivity contribution in [1.29, 1.82) is 0 Å². The molecule has 2 aromatic heterocycles. The molecule has 0 radical (unpaired) electrons. The van der Waals surface area contributed by atoms with Crippen LogP contribution in [0, 0.1) is 5.92 Å². The molecule has 0 aliphatic carbocycles. The van der Waals surface area contributed by atoms with Crippen LogP contribution in [0.1, 0.15) is 22.3 Å². The molecule has 0 bridgehead atoms. The second kappa shape index (κ2) is 6.89. The smallest absolute Gasteiger partial charge is 0.337 e. The van der Waals surface area contributed by atoms with Crippen molar-refractivity contribution in [3.05, 3.63) is 47.9 Å². The van der Waals surface area contributed by atoms with E-state index in [0.717, 1.165) is 18.4 Å². The Morgan fingerprint density at radius 2 is 2.12 bits per heavy atom. The summed E-state index contributed by atoms with van der Waals surface area (Å²) < 4.78 is 24.7. The Labute approximate surface area is 146 Å². The van der Waals surface area contributed by atoms with Crippen molar-refractivity contribution in [2.45, 2.75) is 12.8 Å². The SMILES string of the molecule is CS(=O)(=O)N1CCC(Cc2ccc(-c3cncc(C(=O)O)c3)nc2)C1. The van der Waals surface area contributed by atoms with Gasteiger partial charge in [0.1, 0.15) is 0 Å². The standard InChI is InChI=1S/C17H19N3O4S/c1-25(23,24)20-5-4-13(11-20)6-12-2-3-16(19-8-12)14-7-15(17(21)22)10-18-9-14/h2-3,7-10,13H,4-6,11H2,1H3,(H,21,22). The zero-order chi connectivity index (χ0) is 18.0. The first kappa shape index (κ1) is 17.5. The molecule has 3 rings (SSSR count). The summed E-state index contributed by atoms with van der Waals surface area (Å²) in [6.45, 7) is 1.12. The quantitative estimate of drug-likeness (QED) is 0.869. The zero-order valence-electron chi connectivity index (χ0n) is 13.8. The summed E-state index contributed by atoms with van der Waals surface area (Å²) in [5, 5.41) is 9.03. The molecule has 25 heavy (non-hydrogen) atoms. The maximum Gasteiger partial charge on any atom is 0.337 e. The van der Waals surface area contributed by atoms with Crippen molar-refractivity contribution in [1.82, 2.24) is 14.3 Å². The van der Waals surface area contributed by atoms with Crippen molar-refractivity contribution in [2.24, 2.45) is 5.92 Å². The van der Waals surface area contributed by atoms with Gasteiger partial charge in [-0.25, -0.2) is 17.5 Å². The highest BCUT2D eigenvalue weighted by molar-refractivity contribution is 7.88. The number of carboxylic acids is 1. The van der Waals surface area contributed by atoms with E-state index < -0.39 is 16.0 Å². The highest BCUT2D eigenvalue weighted by Crippen LogP contribution is 2.24. The van der Waals surface area contributed by atoms with Crippen LogP contribution in [0.15, 0.2) is 36.8 Å². The highest BCUT2D eigenvalue weighted by Gasteiger charge is 2.28. The van der Waals surface area contributed by atoms with Crippen LogP contribution in [0.3, 0.4) is 0 Å². The van der Waals surface area contributed by atoms with E-state index in [9.17, 15) is 13.2 Å². The number of sulfonamides is 1. The zero-order valence-corrected chi connectivity index (χ0v) is 14.6. The van der Waals surface area contributed by atoms with Gasteiger partial charge in [-0.05, 0) is 36.5 Å². The third-order valence-corrected chi connectivity index (χ3v) is 5.62.